The lowest BCUT2D eigenvalue weighted by Gasteiger charge is -2.13. The van der Waals surface area contributed by atoms with Gasteiger partial charge in [0.25, 0.3) is 0 Å². The molecule has 6 heteroatoms. The molecule has 0 spiro atoms. The summed E-state index contributed by atoms with van der Waals surface area (Å²) < 4.78 is 11.1. The van der Waals surface area contributed by atoms with E-state index in [9.17, 15) is 0 Å². The van der Waals surface area contributed by atoms with Gasteiger partial charge >= 0.3 is 0 Å². The van der Waals surface area contributed by atoms with Gasteiger partial charge in [0, 0.05) is 32.2 Å². The van der Waals surface area contributed by atoms with Crippen molar-refractivity contribution in [3.8, 4) is 0 Å². The molecule has 1 saturated heterocycles. The van der Waals surface area contributed by atoms with Crippen molar-refractivity contribution in [3.63, 3.8) is 0 Å². The fraction of sp³-hybridized carbons (Fsp3) is 0.650. The highest BCUT2D eigenvalue weighted by atomic mass is 127. The average Bonchev–Trinajstić information content (AvgIpc) is 3.16. The Morgan fingerprint density at radius 2 is 2.04 bits per heavy atom. The number of hydrogen-bond acceptors (Lipinski definition) is 3. The van der Waals surface area contributed by atoms with Crippen LogP contribution in [0.15, 0.2) is 29.3 Å². The molecule has 26 heavy (non-hydrogen) atoms. The highest BCUT2D eigenvalue weighted by Crippen LogP contribution is 2.12. The lowest BCUT2D eigenvalue weighted by molar-refractivity contribution is 0.0888. The van der Waals surface area contributed by atoms with Crippen molar-refractivity contribution >= 4 is 29.9 Å². The van der Waals surface area contributed by atoms with E-state index in [1.165, 1.54) is 11.1 Å². The summed E-state index contributed by atoms with van der Waals surface area (Å²) in [6.45, 7) is 10.0. The van der Waals surface area contributed by atoms with Crippen molar-refractivity contribution in [1.82, 2.24) is 10.6 Å². The van der Waals surface area contributed by atoms with Crippen molar-refractivity contribution in [2.75, 3.05) is 39.5 Å². The van der Waals surface area contributed by atoms with Crippen LogP contribution in [0.1, 0.15) is 37.8 Å². The molecule has 148 valence electrons. The van der Waals surface area contributed by atoms with Crippen molar-refractivity contribution < 1.29 is 9.47 Å². The fourth-order valence-corrected chi connectivity index (χ4v) is 2.91. The molecule has 1 aromatic carbocycles. The van der Waals surface area contributed by atoms with Crippen molar-refractivity contribution in [1.29, 1.82) is 0 Å². The van der Waals surface area contributed by atoms with Gasteiger partial charge in [0.15, 0.2) is 5.96 Å². The van der Waals surface area contributed by atoms with Gasteiger partial charge in [-0.15, -0.1) is 24.0 Å². The molecule has 0 radical (unpaired) electrons. The molecular weight excluding hydrogens is 441 g/mol. The minimum absolute atomic E-state index is 0. The van der Waals surface area contributed by atoms with Gasteiger partial charge in [-0.1, -0.05) is 31.2 Å². The minimum atomic E-state index is 0. The predicted octanol–water partition coefficient (Wildman–Crippen LogP) is 3.37. The maximum atomic E-state index is 5.74. The maximum absolute atomic E-state index is 5.74. The molecule has 1 fully saturated rings. The van der Waals surface area contributed by atoms with Crippen LogP contribution >= 0.6 is 24.0 Å². The van der Waals surface area contributed by atoms with Crippen LogP contribution in [0.3, 0.4) is 0 Å². The summed E-state index contributed by atoms with van der Waals surface area (Å²) in [4.78, 5) is 4.71. The standard InChI is InChI=1S/C20H33N3O2.HI/c1-3-18-8-5-6-9-19(18)14-23-20(21-4-2)22-11-7-12-24-15-17-10-13-25-16-17;/h5-6,8-9,17H,3-4,7,10-16H2,1-2H3,(H2,21,22,23);1H. The summed E-state index contributed by atoms with van der Waals surface area (Å²) in [6.07, 6.45) is 3.15. The molecule has 0 saturated carbocycles. The fourth-order valence-electron chi connectivity index (χ4n) is 2.91. The quantitative estimate of drug-likeness (QED) is 0.236. The summed E-state index contributed by atoms with van der Waals surface area (Å²) in [7, 11) is 0. The second-order valence-electron chi connectivity index (χ2n) is 6.40. The maximum Gasteiger partial charge on any atom is 0.191 e. The third-order valence-electron chi connectivity index (χ3n) is 4.39. The van der Waals surface area contributed by atoms with Crippen LogP contribution in [-0.2, 0) is 22.4 Å². The summed E-state index contributed by atoms with van der Waals surface area (Å²) >= 11 is 0. The first-order valence-electron chi connectivity index (χ1n) is 9.58. The van der Waals surface area contributed by atoms with E-state index in [0.717, 1.165) is 64.7 Å². The van der Waals surface area contributed by atoms with Gasteiger partial charge in [0.1, 0.15) is 0 Å². The number of guanidine groups is 1. The van der Waals surface area contributed by atoms with Crippen LogP contribution in [0.2, 0.25) is 0 Å². The molecule has 1 atom stereocenters. The van der Waals surface area contributed by atoms with E-state index in [4.69, 9.17) is 14.5 Å². The molecule has 1 heterocycles. The topological polar surface area (TPSA) is 54.9 Å². The molecule has 1 aromatic rings. The highest BCUT2D eigenvalue weighted by Gasteiger charge is 2.15. The van der Waals surface area contributed by atoms with Gasteiger partial charge < -0.3 is 20.1 Å². The van der Waals surface area contributed by atoms with Gasteiger partial charge in [-0.3, -0.25) is 0 Å². The van der Waals surface area contributed by atoms with E-state index < -0.39 is 0 Å². The zero-order chi connectivity index (χ0) is 17.7. The summed E-state index contributed by atoms with van der Waals surface area (Å²) in [5.74, 6) is 1.46. The van der Waals surface area contributed by atoms with E-state index in [1.807, 2.05) is 0 Å². The van der Waals surface area contributed by atoms with Gasteiger partial charge in [0.05, 0.1) is 19.8 Å². The Balaban J connectivity index is 0.00000338. The molecular formula is C20H34IN3O2. The number of aliphatic imine (C=N–C) groups is 1. The smallest absolute Gasteiger partial charge is 0.191 e. The normalized spacial score (nSPS) is 17.0. The number of hydrogen-bond donors (Lipinski definition) is 2. The largest absolute Gasteiger partial charge is 0.381 e. The molecule has 0 amide bonds. The third kappa shape index (κ3) is 8.68. The number of benzene rings is 1. The van der Waals surface area contributed by atoms with E-state index in [0.29, 0.717) is 12.5 Å². The van der Waals surface area contributed by atoms with Gasteiger partial charge in [-0.2, -0.15) is 0 Å². The number of nitrogens with zero attached hydrogens (tertiary/aromatic N) is 1. The molecule has 2 rings (SSSR count). The highest BCUT2D eigenvalue weighted by molar-refractivity contribution is 14.0. The van der Waals surface area contributed by atoms with Crippen LogP contribution in [0, 0.1) is 5.92 Å². The zero-order valence-electron chi connectivity index (χ0n) is 16.1. The molecule has 1 unspecified atom stereocenters. The van der Waals surface area contributed by atoms with Gasteiger partial charge in [-0.05, 0) is 37.3 Å². The van der Waals surface area contributed by atoms with Crippen molar-refractivity contribution in [2.24, 2.45) is 10.9 Å². The minimum Gasteiger partial charge on any atom is -0.381 e. The lowest BCUT2D eigenvalue weighted by atomic mass is 10.1. The van der Waals surface area contributed by atoms with Crippen molar-refractivity contribution in [3.05, 3.63) is 35.4 Å². The molecule has 0 bridgehead atoms. The van der Waals surface area contributed by atoms with Crippen LogP contribution in [0.25, 0.3) is 0 Å². The number of ether oxygens (including phenoxy) is 2. The molecule has 5 nitrogen and oxygen atoms in total. The molecule has 0 aromatic heterocycles. The second-order valence-corrected chi connectivity index (χ2v) is 6.40. The van der Waals surface area contributed by atoms with Crippen LogP contribution in [0.4, 0.5) is 0 Å². The monoisotopic (exact) mass is 475 g/mol. The Morgan fingerprint density at radius 3 is 2.73 bits per heavy atom. The number of halogens is 1. The van der Waals surface area contributed by atoms with E-state index in [1.54, 1.807) is 0 Å². The number of nitrogens with one attached hydrogen (secondary N) is 2. The Kier molecular flexibility index (Phi) is 12.7. The lowest BCUT2D eigenvalue weighted by Crippen LogP contribution is -2.38. The molecule has 0 aliphatic carbocycles. The first-order valence-corrected chi connectivity index (χ1v) is 9.58. The predicted molar refractivity (Wildman–Crippen MR) is 118 cm³/mol. The Labute approximate surface area is 175 Å². The molecule has 2 N–H and O–H groups in total. The first kappa shape index (κ1) is 23.2. The van der Waals surface area contributed by atoms with Crippen molar-refractivity contribution in [2.45, 2.75) is 39.7 Å². The number of rotatable bonds is 10. The van der Waals surface area contributed by atoms with E-state index >= 15 is 0 Å². The molecule has 1 aliphatic rings. The van der Waals surface area contributed by atoms with Crippen LogP contribution < -0.4 is 10.6 Å². The van der Waals surface area contributed by atoms with Crippen LogP contribution in [-0.4, -0.2) is 45.5 Å². The van der Waals surface area contributed by atoms with E-state index in [-0.39, 0.29) is 24.0 Å². The SMILES string of the molecule is CCNC(=NCc1ccccc1CC)NCCCOCC1CCOC1.I. The van der Waals surface area contributed by atoms with Crippen LogP contribution in [0.5, 0.6) is 0 Å². The van der Waals surface area contributed by atoms with E-state index in [2.05, 4.69) is 48.7 Å². The Morgan fingerprint density at radius 1 is 1.23 bits per heavy atom. The average molecular weight is 475 g/mol. The Bertz CT molecular complexity index is 520. The van der Waals surface area contributed by atoms with Gasteiger partial charge in [-0.25, -0.2) is 4.99 Å². The number of aryl methyl sites for hydroxylation is 1. The zero-order valence-corrected chi connectivity index (χ0v) is 18.5. The summed E-state index contributed by atoms with van der Waals surface area (Å²) in [5, 5.41) is 6.70. The summed E-state index contributed by atoms with van der Waals surface area (Å²) in [5.41, 5.74) is 2.66. The Hall–Kier alpha value is -0.860. The summed E-state index contributed by atoms with van der Waals surface area (Å²) in [6, 6.07) is 8.51. The first-order chi connectivity index (χ1) is 12.3. The third-order valence-corrected chi connectivity index (χ3v) is 4.39. The van der Waals surface area contributed by atoms with Gasteiger partial charge in [0.2, 0.25) is 0 Å². The molecule has 1 aliphatic heterocycles. The second kappa shape index (κ2) is 14.2.